The summed E-state index contributed by atoms with van der Waals surface area (Å²) in [6.07, 6.45) is 4.96. The average Bonchev–Trinajstić information content (AvgIpc) is 3.92. The maximum Gasteiger partial charge on any atom is 0.407 e. The number of ether oxygens (including phenoxy) is 2. The van der Waals surface area contributed by atoms with Crippen LogP contribution in [-0.4, -0.2) is 98.1 Å². The Morgan fingerprint density at radius 3 is 2.19 bits per heavy atom. The van der Waals surface area contributed by atoms with Crippen LogP contribution >= 0.6 is 0 Å². The standard InChI is InChI=1S/C39H48N8O6/c1-23(2)33(44-38(50)52-5)37(49)47-19-17-24(3)34(47)35-41-21-31(43-35)28-15-11-26(12-16-28)25-9-13-27(14-10-25)30-20-40-32(42-30)22-46-18-7-8-29(36(46)48)45-39(4,51)53-6/h9-16,20-21,23,29,33-34,45,51H,3,7-8,17-19,22H2,1-2,4-6H3,(H,40,42)(H,41,43)(H,44,50)/t29-,33+,34+,39+/m1/s1. The van der Waals surface area contributed by atoms with Gasteiger partial charge in [0, 0.05) is 27.1 Å². The molecule has 0 aliphatic carbocycles. The van der Waals surface area contributed by atoms with E-state index in [0.29, 0.717) is 44.1 Å². The van der Waals surface area contributed by atoms with Gasteiger partial charge in [-0.25, -0.2) is 14.8 Å². The molecule has 0 saturated carbocycles. The number of nitrogens with one attached hydrogen (secondary N) is 4. The predicted octanol–water partition coefficient (Wildman–Crippen LogP) is 4.74. The zero-order chi connectivity index (χ0) is 37.9. The number of rotatable bonds is 12. The number of likely N-dealkylation sites (tertiary alicyclic amines) is 2. The molecule has 2 saturated heterocycles. The van der Waals surface area contributed by atoms with Crippen LogP contribution in [0.5, 0.6) is 0 Å². The molecule has 2 aromatic heterocycles. The number of carbonyl (C=O) groups excluding carboxylic acids is 3. The number of methoxy groups -OCH3 is 2. The first-order valence-corrected chi connectivity index (χ1v) is 17.8. The molecule has 5 N–H and O–H groups in total. The first-order chi connectivity index (χ1) is 25.4. The smallest absolute Gasteiger partial charge is 0.407 e. The number of piperidine rings is 1. The van der Waals surface area contributed by atoms with Gasteiger partial charge in [-0.05, 0) is 53.0 Å². The van der Waals surface area contributed by atoms with Crippen molar-refractivity contribution in [2.45, 2.75) is 70.6 Å². The summed E-state index contributed by atoms with van der Waals surface area (Å²) >= 11 is 0. The normalized spacial score (nSPS) is 19.4. The second kappa shape index (κ2) is 15.7. The van der Waals surface area contributed by atoms with Gasteiger partial charge < -0.3 is 39.7 Å². The number of hydrogen-bond donors (Lipinski definition) is 5. The molecule has 2 aromatic carbocycles. The average molecular weight is 725 g/mol. The number of alkyl carbamates (subject to hydrolysis) is 1. The van der Waals surface area contributed by atoms with Crippen LogP contribution in [0.3, 0.4) is 0 Å². The fourth-order valence-corrected chi connectivity index (χ4v) is 6.90. The monoisotopic (exact) mass is 724 g/mol. The number of H-pyrrole nitrogens is 2. The van der Waals surface area contributed by atoms with Gasteiger partial charge >= 0.3 is 6.09 Å². The number of imidazole rings is 2. The molecule has 0 radical (unpaired) electrons. The van der Waals surface area contributed by atoms with E-state index in [4.69, 9.17) is 9.47 Å². The van der Waals surface area contributed by atoms with Crippen LogP contribution in [0.25, 0.3) is 33.6 Å². The van der Waals surface area contributed by atoms with Gasteiger partial charge in [-0.3, -0.25) is 14.9 Å². The molecule has 4 atom stereocenters. The summed E-state index contributed by atoms with van der Waals surface area (Å²) in [5, 5.41) is 15.8. The second-order valence-electron chi connectivity index (χ2n) is 14.1. The van der Waals surface area contributed by atoms with Crippen LogP contribution < -0.4 is 10.6 Å². The highest BCUT2D eigenvalue weighted by Crippen LogP contribution is 2.36. The number of aromatic nitrogens is 4. The lowest BCUT2D eigenvalue weighted by molar-refractivity contribution is -0.202. The Hall–Kier alpha value is -5.31. The Balaban J connectivity index is 1.09. The molecule has 53 heavy (non-hydrogen) atoms. The van der Waals surface area contributed by atoms with E-state index >= 15 is 0 Å². The van der Waals surface area contributed by atoms with E-state index in [2.05, 4.69) is 61.4 Å². The highest BCUT2D eigenvalue weighted by Gasteiger charge is 2.39. The SMILES string of the molecule is C=C1CCN(C(=O)[C@@H](NC(=O)OC)C(C)C)[C@@H]1c1ncc(-c2ccc(-c3ccc(-c4cnc(CN5CCC[C@@H](N[C@@](C)(O)OC)C5=O)[nH]4)cc3)cc2)[nH]1. The Bertz CT molecular complexity index is 1930. The van der Waals surface area contributed by atoms with Gasteiger partial charge in [-0.1, -0.05) is 69.0 Å². The highest BCUT2D eigenvalue weighted by molar-refractivity contribution is 5.87. The van der Waals surface area contributed by atoms with Gasteiger partial charge in [0.25, 0.3) is 0 Å². The molecule has 14 nitrogen and oxygen atoms in total. The fraction of sp³-hybridized carbons (Fsp3) is 0.410. The molecule has 6 rings (SSSR count). The van der Waals surface area contributed by atoms with Gasteiger partial charge in [0.2, 0.25) is 17.7 Å². The molecule has 4 aromatic rings. The van der Waals surface area contributed by atoms with Crippen molar-refractivity contribution in [1.29, 1.82) is 0 Å². The number of carbonyl (C=O) groups is 3. The number of benzene rings is 2. The zero-order valence-corrected chi connectivity index (χ0v) is 30.8. The molecule has 0 spiro atoms. The minimum Gasteiger partial charge on any atom is -0.453 e. The molecule has 2 fully saturated rings. The maximum absolute atomic E-state index is 13.6. The lowest BCUT2D eigenvalue weighted by Crippen LogP contribution is -2.58. The van der Waals surface area contributed by atoms with Crippen molar-refractivity contribution in [3.8, 4) is 33.6 Å². The third-order valence-corrected chi connectivity index (χ3v) is 9.97. The van der Waals surface area contributed by atoms with E-state index in [1.54, 1.807) is 22.2 Å². The lowest BCUT2D eigenvalue weighted by Gasteiger charge is -2.35. The van der Waals surface area contributed by atoms with Crippen molar-refractivity contribution >= 4 is 17.9 Å². The fourth-order valence-electron chi connectivity index (χ4n) is 6.90. The van der Waals surface area contributed by atoms with Crippen LogP contribution in [0.1, 0.15) is 57.7 Å². The van der Waals surface area contributed by atoms with E-state index in [1.807, 2.05) is 38.1 Å². The van der Waals surface area contributed by atoms with Crippen molar-refractivity contribution < 1.29 is 29.0 Å². The Morgan fingerprint density at radius 1 is 0.981 bits per heavy atom. The first-order valence-electron chi connectivity index (χ1n) is 17.8. The summed E-state index contributed by atoms with van der Waals surface area (Å²) < 4.78 is 9.78. The number of amides is 3. The molecule has 0 unspecified atom stereocenters. The van der Waals surface area contributed by atoms with E-state index in [0.717, 1.165) is 45.6 Å². The summed E-state index contributed by atoms with van der Waals surface area (Å²) in [5.74, 6) is -0.716. The highest BCUT2D eigenvalue weighted by atomic mass is 16.6. The van der Waals surface area contributed by atoms with Crippen molar-refractivity contribution in [3.05, 3.63) is 84.7 Å². The van der Waals surface area contributed by atoms with Gasteiger partial charge in [-0.2, -0.15) is 0 Å². The van der Waals surface area contributed by atoms with Gasteiger partial charge in [0.05, 0.1) is 43.5 Å². The maximum atomic E-state index is 13.6. The van der Waals surface area contributed by atoms with Crippen LogP contribution in [0.2, 0.25) is 0 Å². The van der Waals surface area contributed by atoms with Gasteiger partial charge in [-0.15, -0.1) is 0 Å². The van der Waals surface area contributed by atoms with Crippen molar-refractivity contribution in [1.82, 2.24) is 40.4 Å². The van der Waals surface area contributed by atoms with E-state index in [-0.39, 0.29) is 17.7 Å². The summed E-state index contributed by atoms with van der Waals surface area (Å²) in [6.45, 7) is 10.9. The summed E-state index contributed by atoms with van der Waals surface area (Å²) in [7, 11) is 2.66. The topological polar surface area (TPSA) is 178 Å². The third kappa shape index (κ3) is 8.35. The summed E-state index contributed by atoms with van der Waals surface area (Å²) in [4.78, 5) is 58.0. The zero-order valence-electron chi connectivity index (χ0n) is 30.8. The molecule has 2 aliphatic heterocycles. The second-order valence-corrected chi connectivity index (χ2v) is 14.1. The van der Waals surface area contributed by atoms with Gasteiger partial charge in [0.15, 0.2) is 0 Å². The molecule has 14 heteroatoms. The molecule has 2 aliphatic rings. The summed E-state index contributed by atoms with van der Waals surface area (Å²) in [6, 6.07) is 14.7. The van der Waals surface area contributed by atoms with E-state index < -0.39 is 30.1 Å². The van der Waals surface area contributed by atoms with E-state index in [9.17, 15) is 19.5 Å². The number of hydrogen-bond acceptors (Lipinski definition) is 9. The molecule has 0 bridgehead atoms. The summed E-state index contributed by atoms with van der Waals surface area (Å²) in [5.41, 5.74) is 6.55. The van der Waals surface area contributed by atoms with Crippen LogP contribution in [-0.2, 0) is 25.6 Å². The van der Waals surface area contributed by atoms with Crippen LogP contribution in [0.15, 0.2) is 73.1 Å². The van der Waals surface area contributed by atoms with Gasteiger partial charge in [0.1, 0.15) is 23.7 Å². The lowest BCUT2D eigenvalue weighted by atomic mass is 10.0. The molecular weight excluding hydrogens is 676 g/mol. The molecule has 3 amide bonds. The van der Waals surface area contributed by atoms with Crippen LogP contribution in [0.4, 0.5) is 4.79 Å². The Labute approximate surface area is 309 Å². The van der Waals surface area contributed by atoms with Crippen molar-refractivity contribution in [3.63, 3.8) is 0 Å². The minimum atomic E-state index is -1.58. The third-order valence-electron chi connectivity index (χ3n) is 9.97. The quantitative estimate of drug-likeness (QED) is 0.102. The number of aromatic amines is 2. The van der Waals surface area contributed by atoms with Crippen molar-refractivity contribution in [2.75, 3.05) is 27.3 Å². The molecule has 4 heterocycles. The Kier molecular flexibility index (Phi) is 11.1. The van der Waals surface area contributed by atoms with E-state index in [1.165, 1.54) is 21.1 Å². The largest absolute Gasteiger partial charge is 0.453 e. The number of aliphatic hydroxyl groups is 1. The number of nitrogens with zero attached hydrogens (tertiary/aromatic N) is 4. The minimum absolute atomic E-state index is 0.0978. The molecule has 280 valence electrons. The van der Waals surface area contributed by atoms with Crippen LogP contribution in [0, 0.1) is 5.92 Å². The Morgan fingerprint density at radius 2 is 1.58 bits per heavy atom. The van der Waals surface area contributed by atoms with Crippen molar-refractivity contribution in [2.24, 2.45) is 5.92 Å². The molecular formula is C39H48N8O6. The predicted molar refractivity (Wildman–Crippen MR) is 199 cm³/mol. The first kappa shape index (κ1) is 37.4.